The lowest BCUT2D eigenvalue weighted by molar-refractivity contribution is -0.124. The van der Waals surface area contributed by atoms with Gasteiger partial charge in [-0.05, 0) is 35.4 Å². The Morgan fingerprint density at radius 2 is 1.90 bits per heavy atom. The molecule has 0 bridgehead atoms. The molecule has 2 aromatic rings. The Morgan fingerprint density at radius 1 is 1.17 bits per heavy atom. The molecule has 2 aromatic carbocycles. The van der Waals surface area contributed by atoms with Crippen molar-refractivity contribution in [1.82, 2.24) is 15.5 Å². The number of benzene rings is 2. The average molecular weight is 394 g/mol. The molecule has 5 amide bonds. The zero-order chi connectivity index (χ0) is 20.8. The molecule has 1 fully saturated rings. The maximum Gasteiger partial charge on any atom is 0.322 e. The SMILES string of the molecule is COc1ccc2c(c1)C(=O)N(C[C@@]1(c3ccc(C(N)=O)cc3)NC(=O)NC1=O)C2. The number of carbonyl (C=O) groups excluding carboxylic acids is 4. The van der Waals surface area contributed by atoms with Gasteiger partial charge in [-0.25, -0.2) is 4.79 Å². The van der Waals surface area contributed by atoms with Gasteiger partial charge in [-0.1, -0.05) is 18.2 Å². The molecule has 148 valence electrons. The topological polar surface area (TPSA) is 131 Å². The molecule has 1 saturated heterocycles. The van der Waals surface area contributed by atoms with Crippen molar-refractivity contribution >= 4 is 23.8 Å². The summed E-state index contributed by atoms with van der Waals surface area (Å²) in [5.41, 5.74) is 5.80. The Bertz CT molecular complexity index is 1050. The highest BCUT2D eigenvalue weighted by Crippen LogP contribution is 2.32. The first kappa shape index (κ1) is 18.5. The van der Waals surface area contributed by atoms with E-state index in [-0.39, 0.29) is 18.0 Å². The summed E-state index contributed by atoms with van der Waals surface area (Å²) in [4.78, 5) is 50.4. The van der Waals surface area contributed by atoms with Crippen molar-refractivity contribution in [3.63, 3.8) is 0 Å². The van der Waals surface area contributed by atoms with Gasteiger partial charge in [0, 0.05) is 17.7 Å². The van der Waals surface area contributed by atoms with E-state index in [4.69, 9.17) is 10.5 Å². The van der Waals surface area contributed by atoms with Crippen LogP contribution in [-0.2, 0) is 16.9 Å². The van der Waals surface area contributed by atoms with E-state index in [9.17, 15) is 19.2 Å². The predicted octanol–water partition coefficient (Wildman–Crippen LogP) is 0.485. The molecular formula is C20H18N4O5. The third-order valence-corrected chi connectivity index (χ3v) is 5.23. The number of primary amides is 1. The van der Waals surface area contributed by atoms with Gasteiger partial charge in [0.15, 0.2) is 5.54 Å². The van der Waals surface area contributed by atoms with Crippen LogP contribution < -0.4 is 21.1 Å². The number of ether oxygens (including phenoxy) is 1. The molecule has 0 aliphatic carbocycles. The third-order valence-electron chi connectivity index (χ3n) is 5.23. The van der Waals surface area contributed by atoms with Gasteiger partial charge in [0.25, 0.3) is 11.8 Å². The minimum atomic E-state index is -1.48. The quantitative estimate of drug-likeness (QED) is 0.635. The van der Waals surface area contributed by atoms with Crippen LogP contribution in [0.5, 0.6) is 5.75 Å². The van der Waals surface area contributed by atoms with Gasteiger partial charge in [0.1, 0.15) is 5.75 Å². The Labute approximate surface area is 165 Å². The fourth-order valence-corrected chi connectivity index (χ4v) is 3.70. The predicted molar refractivity (Wildman–Crippen MR) is 101 cm³/mol. The van der Waals surface area contributed by atoms with Crippen molar-refractivity contribution in [3.05, 3.63) is 64.7 Å². The second-order valence-corrected chi connectivity index (χ2v) is 6.94. The van der Waals surface area contributed by atoms with Crippen molar-refractivity contribution in [3.8, 4) is 5.75 Å². The summed E-state index contributed by atoms with van der Waals surface area (Å²) in [6.07, 6.45) is 0. The molecule has 9 nitrogen and oxygen atoms in total. The van der Waals surface area contributed by atoms with Gasteiger partial charge in [-0.3, -0.25) is 19.7 Å². The number of fused-ring (bicyclic) bond motifs is 1. The number of hydrogen-bond donors (Lipinski definition) is 3. The number of rotatable bonds is 5. The molecule has 29 heavy (non-hydrogen) atoms. The van der Waals surface area contributed by atoms with Gasteiger partial charge >= 0.3 is 6.03 Å². The van der Waals surface area contributed by atoms with Crippen molar-refractivity contribution in [2.24, 2.45) is 5.73 Å². The first-order valence-electron chi connectivity index (χ1n) is 8.84. The number of nitrogens with one attached hydrogen (secondary N) is 2. The highest BCUT2D eigenvalue weighted by molar-refractivity contribution is 6.08. The number of imide groups is 1. The molecule has 0 radical (unpaired) electrons. The van der Waals surface area contributed by atoms with Crippen LogP contribution in [0.15, 0.2) is 42.5 Å². The van der Waals surface area contributed by atoms with Crippen molar-refractivity contribution < 1.29 is 23.9 Å². The monoisotopic (exact) mass is 394 g/mol. The second kappa shape index (κ2) is 6.62. The number of methoxy groups -OCH3 is 1. The normalized spacial score (nSPS) is 20.3. The van der Waals surface area contributed by atoms with E-state index in [1.807, 2.05) is 0 Å². The van der Waals surface area contributed by atoms with E-state index in [2.05, 4.69) is 10.6 Å². The van der Waals surface area contributed by atoms with E-state index in [1.54, 1.807) is 30.3 Å². The second-order valence-electron chi connectivity index (χ2n) is 6.94. The molecule has 0 spiro atoms. The first-order valence-corrected chi connectivity index (χ1v) is 8.84. The molecule has 0 aromatic heterocycles. The van der Waals surface area contributed by atoms with Crippen LogP contribution in [0.1, 0.15) is 31.8 Å². The van der Waals surface area contributed by atoms with Gasteiger partial charge in [0.05, 0.1) is 13.7 Å². The molecule has 0 unspecified atom stereocenters. The Hall–Kier alpha value is -3.88. The molecule has 2 aliphatic rings. The highest BCUT2D eigenvalue weighted by Gasteiger charge is 2.50. The summed E-state index contributed by atoms with van der Waals surface area (Å²) in [6, 6.07) is 10.6. The lowest BCUT2D eigenvalue weighted by Crippen LogP contribution is -2.52. The summed E-state index contributed by atoms with van der Waals surface area (Å²) >= 11 is 0. The van der Waals surface area contributed by atoms with E-state index in [0.717, 1.165) is 5.56 Å². The minimum Gasteiger partial charge on any atom is -0.497 e. The zero-order valence-electron chi connectivity index (χ0n) is 15.5. The molecule has 2 heterocycles. The first-order chi connectivity index (χ1) is 13.8. The Kier molecular flexibility index (Phi) is 4.22. The largest absolute Gasteiger partial charge is 0.497 e. The summed E-state index contributed by atoms with van der Waals surface area (Å²) < 4.78 is 5.18. The Morgan fingerprint density at radius 3 is 2.48 bits per heavy atom. The number of urea groups is 1. The molecule has 1 atom stereocenters. The van der Waals surface area contributed by atoms with Crippen LogP contribution in [0, 0.1) is 0 Å². The third kappa shape index (κ3) is 2.96. The maximum atomic E-state index is 12.9. The van der Waals surface area contributed by atoms with Gasteiger partial charge in [-0.2, -0.15) is 0 Å². The lowest BCUT2D eigenvalue weighted by atomic mass is 9.88. The van der Waals surface area contributed by atoms with Crippen LogP contribution >= 0.6 is 0 Å². The van der Waals surface area contributed by atoms with Crippen LogP contribution in [-0.4, -0.2) is 42.3 Å². The Balaban J connectivity index is 1.69. The van der Waals surface area contributed by atoms with Crippen LogP contribution in [0.25, 0.3) is 0 Å². The number of hydrogen-bond acceptors (Lipinski definition) is 5. The summed E-state index contributed by atoms with van der Waals surface area (Å²) in [6.45, 7) is 0.221. The van der Waals surface area contributed by atoms with Crippen molar-refractivity contribution in [1.29, 1.82) is 0 Å². The van der Waals surface area contributed by atoms with Gasteiger partial charge in [-0.15, -0.1) is 0 Å². The van der Waals surface area contributed by atoms with Crippen molar-refractivity contribution in [2.75, 3.05) is 13.7 Å². The zero-order valence-corrected chi connectivity index (χ0v) is 15.5. The molecule has 2 aliphatic heterocycles. The van der Waals surface area contributed by atoms with E-state index in [0.29, 0.717) is 23.4 Å². The molecular weight excluding hydrogens is 376 g/mol. The molecule has 9 heteroatoms. The van der Waals surface area contributed by atoms with Crippen LogP contribution in [0.4, 0.5) is 4.79 Å². The van der Waals surface area contributed by atoms with E-state index in [1.165, 1.54) is 24.1 Å². The van der Waals surface area contributed by atoms with E-state index < -0.39 is 23.4 Å². The summed E-state index contributed by atoms with van der Waals surface area (Å²) in [5, 5.41) is 4.88. The fraction of sp³-hybridized carbons (Fsp3) is 0.200. The van der Waals surface area contributed by atoms with Crippen LogP contribution in [0.2, 0.25) is 0 Å². The standard InChI is InChI=1S/C20H18N4O5/c1-29-14-7-4-12-9-24(17(26)15(12)8-14)10-20(18(27)22-19(28)23-20)13-5-2-11(3-6-13)16(21)25/h2-8H,9-10H2,1H3,(H2,21,25)(H2,22,23,27,28)/t20-/m0/s1. The fourth-order valence-electron chi connectivity index (χ4n) is 3.70. The molecule has 0 saturated carbocycles. The van der Waals surface area contributed by atoms with Crippen LogP contribution in [0.3, 0.4) is 0 Å². The number of nitrogens with zero attached hydrogens (tertiary/aromatic N) is 1. The maximum absolute atomic E-state index is 12.9. The number of nitrogens with two attached hydrogens (primary N) is 1. The van der Waals surface area contributed by atoms with Gasteiger partial charge in [0.2, 0.25) is 5.91 Å². The van der Waals surface area contributed by atoms with Gasteiger partial charge < -0.3 is 20.7 Å². The number of carbonyl (C=O) groups is 4. The lowest BCUT2D eigenvalue weighted by Gasteiger charge is -2.31. The molecule has 4 rings (SSSR count). The summed E-state index contributed by atoms with van der Waals surface area (Å²) in [7, 11) is 1.52. The number of amides is 5. The highest BCUT2D eigenvalue weighted by atomic mass is 16.5. The summed E-state index contributed by atoms with van der Waals surface area (Å²) in [5.74, 6) is -0.885. The smallest absolute Gasteiger partial charge is 0.322 e. The molecule has 4 N–H and O–H groups in total. The average Bonchev–Trinajstić information content (AvgIpc) is 3.17. The minimum absolute atomic E-state index is 0.0731. The van der Waals surface area contributed by atoms with Crippen molar-refractivity contribution in [2.45, 2.75) is 12.1 Å². The van der Waals surface area contributed by atoms with E-state index >= 15 is 0 Å².